The van der Waals surface area contributed by atoms with E-state index in [1.165, 1.54) is 23.2 Å². The molecule has 0 amide bonds. The molecule has 1 aromatic rings. The van der Waals surface area contributed by atoms with E-state index in [1.807, 2.05) is 0 Å². The number of carboxylic acid groups (broad SMARTS) is 1. The lowest BCUT2D eigenvalue weighted by molar-refractivity contribution is -0.132. The van der Waals surface area contributed by atoms with Gasteiger partial charge in [-0.2, -0.15) is 9.78 Å². The molecule has 136 valence electrons. The lowest BCUT2D eigenvalue weighted by atomic mass is 9.87. The Labute approximate surface area is 144 Å². The highest BCUT2D eigenvalue weighted by atomic mass is 19.3. The second-order valence-corrected chi connectivity index (χ2v) is 5.91. The molecule has 25 heavy (non-hydrogen) atoms. The molecule has 0 saturated heterocycles. The minimum Gasteiger partial charge on any atom is -0.478 e. The number of aliphatic carboxylic acids is 1. The number of alkyl halides is 2. The Morgan fingerprint density at radius 2 is 2.24 bits per heavy atom. The highest BCUT2D eigenvalue weighted by molar-refractivity contribution is 5.91. The third-order valence-corrected chi connectivity index (χ3v) is 3.97. The summed E-state index contributed by atoms with van der Waals surface area (Å²) in [6.07, 6.45) is 4.85. The third-order valence-electron chi connectivity index (χ3n) is 3.97. The zero-order valence-corrected chi connectivity index (χ0v) is 14.0. The molecule has 1 aliphatic rings. The van der Waals surface area contributed by atoms with Crippen LogP contribution in [0.1, 0.15) is 32.6 Å². The molecule has 1 saturated carbocycles. The molecule has 0 unspecified atom stereocenters. The summed E-state index contributed by atoms with van der Waals surface area (Å²) >= 11 is 0. The molecular formula is C17H21F2N3O3. The van der Waals surface area contributed by atoms with Crippen molar-refractivity contribution < 1.29 is 23.4 Å². The van der Waals surface area contributed by atoms with E-state index < -0.39 is 11.9 Å². The van der Waals surface area contributed by atoms with Crippen LogP contribution in [0.5, 0.6) is 5.88 Å². The number of carbonyl (C=O) groups is 1. The molecule has 0 aliphatic heterocycles. The molecule has 8 heteroatoms. The van der Waals surface area contributed by atoms with Crippen molar-refractivity contribution in [2.75, 3.05) is 6.61 Å². The van der Waals surface area contributed by atoms with Crippen LogP contribution >= 0.6 is 0 Å². The minimum absolute atomic E-state index is 0.0547. The van der Waals surface area contributed by atoms with Crippen LogP contribution in [-0.4, -0.2) is 39.6 Å². The van der Waals surface area contributed by atoms with Gasteiger partial charge in [0.25, 0.3) is 0 Å². The van der Waals surface area contributed by atoms with Gasteiger partial charge >= 0.3 is 5.97 Å². The van der Waals surface area contributed by atoms with Gasteiger partial charge in [0, 0.05) is 25.1 Å². The highest BCUT2D eigenvalue weighted by Crippen LogP contribution is 2.36. The van der Waals surface area contributed by atoms with E-state index in [0.717, 1.165) is 0 Å². The summed E-state index contributed by atoms with van der Waals surface area (Å²) in [5, 5.41) is 13.1. The zero-order chi connectivity index (χ0) is 18.4. The van der Waals surface area contributed by atoms with Gasteiger partial charge in [0.05, 0.1) is 18.4 Å². The van der Waals surface area contributed by atoms with E-state index in [1.54, 1.807) is 13.0 Å². The molecule has 1 aliphatic carbocycles. The standard InChI is InChI=1S/C17H21F2N3O3/c1-3-20-14(10-12(2)16(23)24)22-15(6-9-21-22)25-11-13-4-7-17(18,19)8-5-13/h3,6,9-10,13H,2,4-5,7-8,11H2,1H3,(H,23,24)/b14-10+,20-3?. The van der Waals surface area contributed by atoms with Crippen molar-refractivity contribution in [3.05, 3.63) is 30.5 Å². The molecule has 1 N–H and O–H groups in total. The van der Waals surface area contributed by atoms with Gasteiger partial charge in [-0.15, -0.1) is 0 Å². The first-order valence-corrected chi connectivity index (χ1v) is 8.00. The average molecular weight is 353 g/mol. The maximum absolute atomic E-state index is 13.2. The molecule has 0 radical (unpaired) electrons. The molecule has 0 aromatic carbocycles. The van der Waals surface area contributed by atoms with Gasteiger partial charge in [-0.05, 0) is 31.8 Å². The number of hydrogen-bond acceptors (Lipinski definition) is 4. The number of halogens is 2. The highest BCUT2D eigenvalue weighted by Gasteiger charge is 2.35. The Morgan fingerprint density at radius 3 is 2.84 bits per heavy atom. The lowest BCUT2D eigenvalue weighted by Crippen LogP contribution is -2.27. The van der Waals surface area contributed by atoms with Gasteiger partial charge in [-0.1, -0.05) is 6.58 Å². The van der Waals surface area contributed by atoms with E-state index in [2.05, 4.69) is 16.7 Å². The van der Waals surface area contributed by atoms with Crippen LogP contribution in [0, 0.1) is 5.92 Å². The predicted octanol–water partition coefficient (Wildman–Crippen LogP) is 3.62. The number of aromatic nitrogens is 2. The summed E-state index contributed by atoms with van der Waals surface area (Å²) in [5.74, 6) is -3.07. The number of rotatable bonds is 7. The van der Waals surface area contributed by atoms with E-state index in [9.17, 15) is 13.6 Å². The number of hydrogen-bond donors (Lipinski definition) is 1. The SMILES string of the molecule is C=C(/C=C(\N=CC)n1nccc1OCC1CCC(F)(F)CC1)C(=O)O. The topological polar surface area (TPSA) is 76.7 Å². The van der Waals surface area contributed by atoms with Crippen LogP contribution in [0.3, 0.4) is 0 Å². The molecule has 0 atom stereocenters. The minimum atomic E-state index is -2.57. The van der Waals surface area contributed by atoms with Gasteiger partial charge < -0.3 is 9.84 Å². The van der Waals surface area contributed by atoms with E-state index >= 15 is 0 Å². The van der Waals surface area contributed by atoms with Crippen LogP contribution in [0.4, 0.5) is 8.78 Å². The van der Waals surface area contributed by atoms with Crippen molar-refractivity contribution in [2.24, 2.45) is 10.9 Å². The fourth-order valence-corrected chi connectivity index (χ4v) is 2.55. The van der Waals surface area contributed by atoms with Crippen molar-refractivity contribution in [1.82, 2.24) is 9.78 Å². The Morgan fingerprint density at radius 1 is 1.56 bits per heavy atom. The number of carboxylic acids is 1. The first-order chi connectivity index (χ1) is 11.8. The smallest absolute Gasteiger partial charge is 0.335 e. The zero-order valence-electron chi connectivity index (χ0n) is 14.0. The van der Waals surface area contributed by atoms with Crippen LogP contribution in [0.25, 0.3) is 5.82 Å². The molecule has 0 bridgehead atoms. The third kappa shape index (κ3) is 5.23. The quantitative estimate of drug-likeness (QED) is 0.461. The maximum Gasteiger partial charge on any atom is 0.335 e. The molecule has 0 spiro atoms. The molecule has 1 aromatic heterocycles. The molecule has 6 nitrogen and oxygen atoms in total. The second-order valence-electron chi connectivity index (χ2n) is 5.91. The number of aliphatic imine (C=N–C) groups is 1. The summed E-state index contributed by atoms with van der Waals surface area (Å²) in [6.45, 7) is 5.43. The fourth-order valence-electron chi connectivity index (χ4n) is 2.55. The lowest BCUT2D eigenvalue weighted by Gasteiger charge is -2.28. The van der Waals surface area contributed by atoms with Crippen molar-refractivity contribution in [3.63, 3.8) is 0 Å². The van der Waals surface area contributed by atoms with Crippen molar-refractivity contribution in [3.8, 4) is 5.88 Å². The monoisotopic (exact) mass is 353 g/mol. The van der Waals surface area contributed by atoms with Crippen molar-refractivity contribution in [2.45, 2.75) is 38.5 Å². The fraction of sp³-hybridized carbons (Fsp3) is 0.471. The van der Waals surface area contributed by atoms with Gasteiger partial charge in [0.1, 0.15) is 0 Å². The van der Waals surface area contributed by atoms with Crippen LogP contribution in [0.15, 0.2) is 35.5 Å². The number of nitrogens with zero attached hydrogens (tertiary/aromatic N) is 3. The van der Waals surface area contributed by atoms with E-state index in [-0.39, 0.29) is 30.2 Å². The largest absolute Gasteiger partial charge is 0.478 e. The van der Waals surface area contributed by atoms with Crippen LogP contribution < -0.4 is 4.74 Å². The Kier molecular flexibility index (Phi) is 6.06. The summed E-state index contributed by atoms with van der Waals surface area (Å²) in [7, 11) is 0. The average Bonchev–Trinajstić information content (AvgIpc) is 3.01. The van der Waals surface area contributed by atoms with Gasteiger partial charge in [0.15, 0.2) is 5.82 Å². The van der Waals surface area contributed by atoms with E-state index in [4.69, 9.17) is 9.84 Å². The molecule has 2 rings (SSSR count). The summed E-state index contributed by atoms with van der Waals surface area (Å²) < 4.78 is 33.5. The van der Waals surface area contributed by atoms with E-state index in [0.29, 0.717) is 25.3 Å². The predicted molar refractivity (Wildman–Crippen MR) is 89.8 cm³/mol. The Balaban J connectivity index is 2.08. The summed E-state index contributed by atoms with van der Waals surface area (Å²) in [5.41, 5.74) is -0.142. The number of ether oxygens (including phenoxy) is 1. The van der Waals surface area contributed by atoms with Crippen molar-refractivity contribution >= 4 is 18.0 Å². The van der Waals surface area contributed by atoms with Gasteiger partial charge in [-0.3, -0.25) is 0 Å². The first kappa shape index (κ1) is 18.8. The van der Waals surface area contributed by atoms with Crippen LogP contribution in [-0.2, 0) is 4.79 Å². The Bertz CT molecular complexity index is 685. The maximum atomic E-state index is 13.2. The molecular weight excluding hydrogens is 332 g/mol. The van der Waals surface area contributed by atoms with Gasteiger partial charge in [0.2, 0.25) is 11.8 Å². The van der Waals surface area contributed by atoms with Crippen molar-refractivity contribution in [1.29, 1.82) is 0 Å². The summed E-state index contributed by atoms with van der Waals surface area (Å²) in [4.78, 5) is 15.1. The summed E-state index contributed by atoms with van der Waals surface area (Å²) in [6, 6.07) is 1.61. The van der Waals surface area contributed by atoms with Crippen LogP contribution in [0.2, 0.25) is 0 Å². The second kappa shape index (κ2) is 8.04. The Hall–Kier alpha value is -2.51. The molecule has 1 heterocycles. The van der Waals surface area contributed by atoms with Gasteiger partial charge in [-0.25, -0.2) is 18.6 Å². The molecule has 1 fully saturated rings. The normalized spacial score (nSPS) is 18.4. The first-order valence-electron chi connectivity index (χ1n) is 8.00.